The molecule has 1 saturated carbocycles. The molecule has 0 aromatic rings. The summed E-state index contributed by atoms with van der Waals surface area (Å²) in [6.45, 7) is 4.34. The minimum absolute atomic E-state index is 0.0732. The highest BCUT2D eigenvalue weighted by atomic mass is 32.2. The first-order valence-electron chi connectivity index (χ1n) is 9.49. The van der Waals surface area contributed by atoms with Crippen LogP contribution in [0.3, 0.4) is 0 Å². The molecule has 7 heteroatoms. The lowest BCUT2D eigenvalue weighted by molar-refractivity contribution is 0.0570. The van der Waals surface area contributed by atoms with Crippen LogP contribution in [0.4, 0.5) is 0 Å². The van der Waals surface area contributed by atoms with Gasteiger partial charge in [-0.2, -0.15) is 12.7 Å². The van der Waals surface area contributed by atoms with Gasteiger partial charge in [-0.15, -0.1) is 0 Å². The number of methoxy groups -OCH3 is 1. The number of hydrogen-bond donors (Lipinski definition) is 2. The highest BCUT2D eigenvalue weighted by Gasteiger charge is 2.38. The monoisotopic (exact) mass is 359 g/mol. The van der Waals surface area contributed by atoms with Gasteiger partial charge in [-0.3, -0.25) is 0 Å². The summed E-state index contributed by atoms with van der Waals surface area (Å²) in [5, 5.41) is 3.35. The van der Waals surface area contributed by atoms with E-state index in [1.807, 2.05) is 0 Å². The van der Waals surface area contributed by atoms with Crippen molar-refractivity contribution in [2.75, 3.05) is 46.4 Å². The molecule has 2 heterocycles. The predicted molar refractivity (Wildman–Crippen MR) is 95.0 cm³/mol. The van der Waals surface area contributed by atoms with Gasteiger partial charge in [0.05, 0.1) is 6.61 Å². The second kappa shape index (κ2) is 7.99. The molecule has 0 spiro atoms. The van der Waals surface area contributed by atoms with Gasteiger partial charge in [-0.05, 0) is 50.6 Å². The normalized spacial score (nSPS) is 31.5. The zero-order valence-corrected chi connectivity index (χ0v) is 15.7. The molecule has 2 saturated heterocycles. The van der Waals surface area contributed by atoms with E-state index < -0.39 is 10.2 Å². The Kier molecular flexibility index (Phi) is 6.19. The lowest BCUT2D eigenvalue weighted by atomic mass is 9.76. The topological polar surface area (TPSA) is 70.7 Å². The summed E-state index contributed by atoms with van der Waals surface area (Å²) in [5.74, 6) is 1.31. The quantitative estimate of drug-likeness (QED) is 0.751. The largest absolute Gasteiger partial charge is 0.384 e. The summed E-state index contributed by atoms with van der Waals surface area (Å²) in [4.78, 5) is 0. The van der Waals surface area contributed by atoms with E-state index in [2.05, 4.69) is 10.0 Å². The molecule has 24 heavy (non-hydrogen) atoms. The van der Waals surface area contributed by atoms with Crippen molar-refractivity contribution in [1.82, 2.24) is 14.3 Å². The maximum Gasteiger partial charge on any atom is 0.279 e. The molecule has 1 aliphatic carbocycles. The van der Waals surface area contributed by atoms with Crippen LogP contribution in [0.5, 0.6) is 0 Å². The first-order chi connectivity index (χ1) is 11.5. The Morgan fingerprint density at radius 2 is 1.88 bits per heavy atom. The Morgan fingerprint density at radius 1 is 1.17 bits per heavy atom. The summed E-state index contributed by atoms with van der Waals surface area (Å²) in [5.41, 5.74) is -0.0732. The van der Waals surface area contributed by atoms with Crippen molar-refractivity contribution in [3.63, 3.8) is 0 Å². The summed E-state index contributed by atoms with van der Waals surface area (Å²) < 4.78 is 35.6. The number of nitrogens with one attached hydrogen (secondary N) is 2. The summed E-state index contributed by atoms with van der Waals surface area (Å²) in [7, 11) is -1.68. The number of rotatable bonds is 6. The average molecular weight is 360 g/mol. The smallest absolute Gasteiger partial charge is 0.279 e. The fourth-order valence-electron chi connectivity index (χ4n) is 4.76. The molecule has 0 aromatic carbocycles. The molecule has 2 atom stereocenters. The first kappa shape index (κ1) is 18.6. The van der Waals surface area contributed by atoms with Gasteiger partial charge in [0.2, 0.25) is 0 Å². The molecular formula is C17H33N3O3S. The van der Waals surface area contributed by atoms with Crippen molar-refractivity contribution in [3.8, 4) is 0 Å². The Morgan fingerprint density at radius 3 is 2.58 bits per heavy atom. The van der Waals surface area contributed by atoms with Gasteiger partial charge in [-0.25, -0.2) is 4.72 Å². The molecule has 3 fully saturated rings. The Hall–Kier alpha value is -0.210. The van der Waals surface area contributed by atoms with Gasteiger partial charge in [0.15, 0.2) is 0 Å². The molecule has 0 radical (unpaired) electrons. The molecule has 0 aromatic heterocycles. The van der Waals surface area contributed by atoms with Gasteiger partial charge in [-0.1, -0.05) is 19.3 Å². The van der Waals surface area contributed by atoms with Crippen LogP contribution >= 0.6 is 0 Å². The third kappa shape index (κ3) is 4.30. The van der Waals surface area contributed by atoms with Crippen LogP contribution in [0.2, 0.25) is 0 Å². The Labute approximate surface area is 146 Å². The predicted octanol–water partition coefficient (Wildman–Crippen LogP) is 1.35. The van der Waals surface area contributed by atoms with Crippen LogP contribution < -0.4 is 10.0 Å². The number of fused-ring (bicyclic) bond motifs is 1. The van der Waals surface area contributed by atoms with Crippen molar-refractivity contribution in [2.24, 2.45) is 17.3 Å². The molecule has 2 aliphatic heterocycles. The number of piperidine rings is 2. The second-order valence-corrected chi connectivity index (χ2v) is 9.72. The van der Waals surface area contributed by atoms with Crippen LogP contribution in [0, 0.1) is 17.3 Å². The minimum Gasteiger partial charge on any atom is -0.384 e. The number of nitrogens with zero attached hydrogens (tertiary/aromatic N) is 1. The molecule has 3 rings (SSSR count). The zero-order valence-electron chi connectivity index (χ0n) is 14.9. The van der Waals surface area contributed by atoms with E-state index in [1.165, 1.54) is 25.7 Å². The van der Waals surface area contributed by atoms with E-state index in [1.54, 1.807) is 11.4 Å². The Bertz CT molecular complexity index is 500. The van der Waals surface area contributed by atoms with E-state index in [0.29, 0.717) is 32.2 Å². The SMILES string of the molecule is COCC1(CNS(=O)(=O)N2CCC3CCCCC3C2)CCNCC1. The van der Waals surface area contributed by atoms with Gasteiger partial charge in [0, 0.05) is 32.2 Å². The maximum absolute atomic E-state index is 12.8. The van der Waals surface area contributed by atoms with Crippen molar-refractivity contribution >= 4 is 10.2 Å². The molecule has 140 valence electrons. The zero-order chi connectivity index (χ0) is 17.0. The third-order valence-corrected chi connectivity index (χ3v) is 7.86. The number of hydrogen-bond acceptors (Lipinski definition) is 4. The van der Waals surface area contributed by atoms with E-state index >= 15 is 0 Å². The molecule has 6 nitrogen and oxygen atoms in total. The van der Waals surface area contributed by atoms with Crippen LogP contribution in [-0.4, -0.2) is 59.2 Å². The van der Waals surface area contributed by atoms with Crippen molar-refractivity contribution in [2.45, 2.75) is 44.9 Å². The van der Waals surface area contributed by atoms with Crippen LogP contribution in [0.25, 0.3) is 0 Å². The second-order valence-electron chi connectivity index (χ2n) is 7.96. The van der Waals surface area contributed by atoms with Crippen molar-refractivity contribution in [1.29, 1.82) is 0 Å². The lowest BCUT2D eigenvalue weighted by Crippen LogP contribution is -2.53. The molecule has 2 unspecified atom stereocenters. The van der Waals surface area contributed by atoms with Crippen LogP contribution in [0.1, 0.15) is 44.9 Å². The molecule has 3 aliphatic rings. The van der Waals surface area contributed by atoms with Gasteiger partial charge >= 0.3 is 0 Å². The van der Waals surface area contributed by atoms with E-state index in [4.69, 9.17) is 4.74 Å². The van der Waals surface area contributed by atoms with Crippen LogP contribution in [-0.2, 0) is 14.9 Å². The average Bonchev–Trinajstić information content (AvgIpc) is 2.61. The molecular weight excluding hydrogens is 326 g/mol. The van der Waals surface area contributed by atoms with Crippen molar-refractivity contribution in [3.05, 3.63) is 0 Å². The third-order valence-electron chi connectivity index (χ3n) is 6.34. The van der Waals surface area contributed by atoms with Gasteiger partial charge < -0.3 is 10.1 Å². The molecule has 0 bridgehead atoms. The van der Waals surface area contributed by atoms with Gasteiger partial charge in [0.25, 0.3) is 10.2 Å². The fourth-order valence-corrected chi connectivity index (χ4v) is 6.16. The van der Waals surface area contributed by atoms with Crippen molar-refractivity contribution < 1.29 is 13.2 Å². The summed E-state index contributed by atoms with van der Waals surface area (Å²) >= 11 is 0. The van der Waals surface area contributed by atoms with Crippen LogP contribution in [0.15, 0.2) is 0 Å². The highest BCUT2D eigenvalue weighted by Crippen LogP contribution is 2.37. The van der Waals surface area contributed by atoms with E-state index in [9.17, 15) is 8.42 Å². The molecule has 0 amide bonds. The standard InChI is InChI=1S/C17H33N3O3S/c1-23-14-17(7-9-18-10-8-17)13-19-24(21,22)20-11-6-15-4-2-3-5-16(15)12-20/h15-16,18-19H,2-14H2,1H3. The lowest BCUT2D eigenvalue weighted by Gasteiger charge is -2.41. The summed E-state index contributed by atoms with van der Waals surface area (Å²) in [6.07, 6.45) is 7.99. The summed E-state index contributed by atoms with van der Waals surface area (Å²) in [6, 6.07) is 0. The Balaban J connectivity index is 1.58. The number of ether oxygens (including phenoxy) is 1. The minimum atomic E-state index is -3.38. The highest BCUT2D eigenvalue weighted by molar-refractivity contribution is 7.87. The van der Waals surface area contributed by atoms with E-state index in [-0.39, 0.29) is 5.41 Å². The first-order valence-corrected chi connectivity index (χ1v) is 10.9. The maximum atomic E-state index is 12.8. The fraction of sp³-hybridized carbons (Fsp3) is 1.00. The van der Waals surface area contributed by atoms with E-state index in [0.717, 1.165) is 38.3 Å². The molecule has 2 N–H and O–H groups in total. The van der Waals surface area contributed by atoms with Gasteiger partial charge in [0.1, 0.15) is 0 Å².